The molecule has 0 heterocycles. The van der Waals surface area contributed by atoms with E-state index in [2.05, 4.69) is 262 Å². The minimum Gasteiger partial charge on any atom is -0.338 e. The van der Waals surface area contributed by atoms with Gasteiger partial charge in [0.25, 0.3) is 0 Å². The third kappa shape index (κ3) is 9.37. The molecule has 0 N–H and O–H groups in total. The summed E-state index contributed by atoms with van der Waals surface area (Å²) in [6.45, 7) is 8.83. The van der Waals surface area contributed by atoms with E-state index in [1.807, 2.05) is 0 Å². The molecule has 2 nitrogen and oxygen atoms in total. The highest BCUT2D eigenvalue weighted by Gasteiger charge is 2.25. The molecule has 0 fully saturated rings. The van der Waals surface area contributed by atoms with Gasteiger partial charge in [0.15, 0.2) is 0 Å². The van der Waals surface area contributed by atoms with Gasteiger partial charge in [-0.3, -0.25) is 0 Å². The normalized spacial score (nSPS) is 15.7. The summed E-state index contributed by atoms with van der Waals surface area (Å²) in [5.41, 5.74) is 18.9. The molecule has 7 aromatic carbocycles. The summed E-state index contributed by atoms with van der Waals surface area (Å²) < 4.78 is 0. The van der Waals surface area contributed by atoms with Crippen molar-refractivity contribution in [1.29, 1.82) is 0 Å². The van der Waals surface area contributed by atoms with Crippen molar-refractivity contribution in [2.75, 3.05) is 9.80 Å². The quantitative estimate of drug-likeness (QED) is 0.114. The van der Waals surface area contributed by atoms with E-state index >= 15 is 0 Å². The molecular weight excluding hydrogens is 797 g/mol. The molecule has 2 aliphatic carbocycles. The van der Waals surface area contributed by atoms with Crippen LogP contribution in [0.3, 0.4) is 0 Å². The largest absolute Gasteiger partial charge is 0.338 e. The lowest BCUT2D eigenvalue weighted by Gasteiger charge is -2.36. The SMILES string of the molecule is C/C=c1/cccc/c1=C(/CC)C1=CC=C(N(c2ccccc2)C2C=CC(c3ccccc3-c3ccc(N(c4ccccc4)c4ccc(/C(=C/CC)c5ccccc5C)cc4)cc3)=CC2)CC1. The maximum atomic E-state index is 2.57. The second kappa shape index (κ2) is 20.6. The zero-order valence-corrected chi connectivity index (χ0v) is 38.9. The van der Waals surface area contributed by atoms with Gasteiger partial charge in [-0.05, 0) is 167 Å². The number of anilines is 4. The van der Waals surface area contributed by atoms with Crippen LogP contribution in [0.15, 0.2) is 230 Å². The fourth-order valence-electron chi connectivity index (χ4n) is 9.91. The number of nitrogens with zero attached hydrogens (tertiary/aromatic N) is 2. The van der Waals surface area contributed by atoms with Gasteiger partial charge in [0.2, 0.25) is 0 Å². The van der Waals surface area contributed by atoms with Crippen molar-refractivity contribution >= 4 is 45.5 Å². The van der Waals surface area contributed by atoms with E-state index in [1.165, 1.54) is 77.5 Å². The molecule has 0 spiro atoms. The van der Waals surface area contributed by atoms with Crippen molar-refractivity contribution in [2.45, 2.75) is 65.8 Å². The van der Waals surface area contributed by atoms with Crippen molar-refractivity contribution in [2.24, 2.45) is 0 Å². The number of hydrogen-bond donors (Lipinski definition) is 0. The van der Waals surface area contributed by atoms with Crippen LogP contribution in [0, 0.1) is 6.92 Å². The van der Waals surface area contributed by atoms with Gasteiger partial charge in [0.05, 0.1) is 6.04 Å². The van der Waals surface area contributed by atoms with Crippen LogP contribution in [0.1, 0.15) is 75.1 Å². The lowest BCUT2D eigenvalue weighted by atomic mass is 9.89. The van der Waals surface area contributed by atoms with Crippen LogP contribution in [0.25, 0.3) is 33.9 Å². The Labute approximate surface area is 392 Å². The zero-order chi connectivity index (χ0) is 45.2. The number of rotatable bonds is 13. The first-order valence-corrected chi connectivity index (χ1v) is 23.8. The monoisotopic (exact) mass is 856 g/mol. The molecule has 0 amide bonds. The molecule has 66 heavy (non-hydrogen) atoms. The predicted octanol–water partition coefficient (Wildman–Crippen LogP) is 15.9. The van der Waals surface area contributed by atoms with Crippen molar-refractivity contribution in [3.8, 4) is 11.1 Å². The van der Waals surface area contributed by atoms with Crippen LogP contribution in [-0.4, -0.2) is 6.04 Å². The predicted molar refractivity (Wildman–Crippen MR) is 284 cm³/mol. The minimum atomic E-state index is 0.212. The molecule has 0 saturated heterocycles. The summed E-state index contributed by atoms with van der Waals surface area (Å²) in [4.78, 5) is 4.92. The summed E-state index contributed by atoms with van der Waals surface area (Å²) in [6.07, 6.45) is 21.5. The van der Waals surface area contributed by atoms with E-state index in [4.69, 9.17) is 0 Å². The lowest BCUT2D eigenvalue weighted by molar-refractivity contribution is 0.718. The average molecular weight is 857 g/mol. The summed E-state index contributed by atoms with van der Waals surface area (Å²) in [6, 6.07) is 66.3. The minimum absolute atomic E-state index is 0.212. The number of allylic oxidation sites excluding steroid dienone is 7. The second-order valence-corrected chi connectivity index (χ2v) is 17.2. The maximum Gasteiger partial charge on any atom is 0.0557 e. The Hall–Kier alpha value is -7.42. The number of aryl methyl sites for hydroxylation is 1. The third-order valence-electron chi connectivity index (χ3n) is 13.2. The van der Waals surface area contributed by atoms with E-state index in [0.29, 0.717) is 0 Å². The Morgan fingerprint density at radius 1 is 0.606 bits per heavy atom. The van der Waals surface area contributed by atoms with Gasteiger partial charge in [-0.2, -0.15) is 0 Å². The number of para-hydroxylation sites is 2. The average Bonchev–Trinajstić information content (AvgIpc) is 3.38. The molecule has 0 aliphatic heterocycles. The summed E-state index contributed by atoms with van der Waals surface area (Å²) in [5.74, 6) is 0. The highest BCUT2D eigenvalue weighted by Crippen LogP contribution is 2.40. The lowest BCUT2D eigenvalue weighted by Crippen LogP contribution is -2.34. The van der Waals surface area contributed by atoms with Crippen LogP contribution in [-0.2, 0) is 0 Å². The van der Waals surface area contributed by atoms with E-state index in [0.717, 1.165) is 49.2 Å². The van der Waals surface area contributed by atoms with Gasteiger partial charge >= 0.3 is 0 Å². The smallest absolute Gasteiger partial charge is 0.0557 e. The van der Waals surface area contributed by atoms with Gasteiger partial charge in [0, 0.05) is 28.4 Å². The molecule has 7 aromatic rings. The molecule has 1 atom stereocenters. The Kier molecular flexibility index (Phi) is 13.7. The Bertz CT molecular complexity index is 3070. The summed E-state index contributed by atoms with van der Waals surface area (Å²) >= 11 is 0. The zero-order valence-electron chi connectivity index (χ0n) is 38.9. The first kappa shape index (κ1) is 43.8. The third-order valence-corrected chi connectivity index (χ3v) is 13.2. The molecule has 1 unspecified atom stereocenters. The number of hydrogen-bond acceptors (Lipinski definition) is 2. The van der Waals surface area contributed by atoms with Crippen LogP contribution in [0.2, 0.25) is 0 Å². The fourth-order valence-corrected chi connectivity index (χ4v) is 9.91. The van der Waals surface area contributed by atoms with Crippen molar-refractivity contribution in [3.05, 3.63) is 262 Å². The highest BCUT2D eigenvalue weighted by molar-refractivity contribution is 5.88. The topological polar surface area (TPSA) is 6.48 Å². The van der Waals surface area contributed by atoms with Gasteiger partial charge in [-0.25, -0.2) is 0 Å². The first-order valence-electron chi connectivity index (χ1n) is 23.8. The molecule has 326 valence electrons. The summed E-state index contributed by atoms with van der Waals surface area (Å²) in [7, 11) is 0. The van der Waals surface area contributed by atoms with Crippen LogP contribution in [0.4, 0.5) is 22.7 Å². The molecule has 2 aliphatic rings. The standard InChI is InChI=1S/C64H60N2/c1-5-20-61(60-27-16-14-21-47(60)4)50-33-41-56(42-34-50)66(54-25-12-9-13-26-54)58-45-37-52(38-46-58)64-30-19-18-29-63(64)51-35-43-57(44-36-51)65(53-23-10-8-11-24-53)55-39-31-49(32-40-55)59(7-3)62-28-17-15-22-48(62)6-2/h6,8-31,33-39,41-43,45-46,57H,5,7,32,40,44H2,1-4H3/b48-6-,61-20-,62-59+. The van der Waals surface area contributed by atoms with Gasteiger partial charge in [-0.1, -0.05) is 184 Å². The molecule has 9 rings (SSSR count). The van der Waals surface area contributed by atoms with E-state index in [9.17, 15) is 0 Å². The highest BCUT2D eigenvalue weighted by atomic mass is 15.2. The Morgan fingerprint density at radius 3 is 1.86 bits per heavy atom. The number of benzene rings is 7. The van der Waals surface area contributed by atoms with Crippen LogP contribution in [0.5, 0.6) is 0 Å². The van der Waals surface area contributed by atoms with Crippen molar-refractivity contribution in [1.82, 2.24) is 0 Å². The Balaban J connectivity index is 0.983. The molecule has 0 saturated carbocycles. The molecule has 0 bridgehead atoms. The van der Waals surface area contributed by atoms with Gasteiger partial charge in [0.1, 0.15) is 0 Å². The van der Waals surface area contributed by atoms with Crippen LogP contribution < -0.4 is 20.2 Å². The fraction of sp³-hybridized carbons (Fsp3) is 0.156. The van der Waals surface area contributed by atoms with Crippen LogP contribution >= 0.6 is 0 Å². The van der Waals surface area contributed by atoms with Crippen molar-refractivity contribution in [3.63, 3.8) is 0 Å². The van der Waals surface area contributed by atoms with E-state index < -0.39 is 0 Å². The molecule has 0 radical (unpaired) electrons. The van der Waals surface area contributed by atoms with Gasteiger partial charge in [-0.15, -0.1) is 0 Å². The van der Waals surface area contributed by atoms with E-state index in [1.54, 1.807) is 0 Å². The maximum absolute atomic E-state index is 2.57. The van der Waals surface area contributed by atoms with E-state index in [-0.39, 0.29) is 6.04 Å². The second-order valence-electron chi connectivity index (χ2n) is 17.2. The summed E-state index contributed by atoms with van der Waals surface area (Å²) in [5, 5.41) is 2.67. The Morgan fingerprint density at radius 2 is 1.23 bits per heavy atom. The molecule has 0 aromatic heterocycles. The molecular formula is C64H60N2. The molecule has 2 heteroatoms. The first-order chi connectivity index (χ1) is 32.5. The van der Waals surface area contributed by atoms with Crippen molar-refractivity contribution < 1.29 is 0 Å². The van der Waals surface area contributed by atoms with Gasteiger partial charge < -0.3 is 9.80 Å².